The summed E-state index contributed by atoms with van der Waals surface area (Å²) in [5.41, 5.74) is 2.91. The summed E-state index contributed by atoms with van der Waals surface area (Å²) in [4.78, 5) is 24.3. The first-order valence-electron chi connectivity index (χ1n) is 10.5. The van der Waals surface area contributed by atoms with Crippen molar-refractivity contribution in [1.82, 2.24) is 25.4 Å². The second-order valence-electron chi connectivity index (χ2n) is 7.33. The van der Waals surface area contributed by atoms with E-state index in [1.54, 1.807) is 37.4 Å². The molecule has 0 bridgehead atoms. The molecule has 7 nitrogen and oxygen atoms in total. The zero-order chi connectivity index (χ0) is 23.9. The SMILES string of the molecule is CNC(=O)c1cccc(CNC(=O)CSc2nnc(-c3ccc(F)cc3)n2-c2ccccc2)c1. The summed E-state index contributed by atoms with van der Waals surface area (Å²) in [5.74, 6) is -0.00668. The highest BCUT2D eigenvalue weighted by Gasteiger charge is 2.17. The number of nitrogens with one attached hydrogen (secondary N) is 2. The molecule has 0 fully saturated rings. The lowest BCUT2D eigenvalue weighted by Gasteiger charge is -2.11. The largest absolute Gasteiger partial charge is 0.355 e. The number of aromatic nitrogens is 3. The van der Waals surface area contributed by atoms with Crippen molar-refractivity contribution >= 4 is 23.6 Å². The van der Waals surface area contributed by atoms with Gasteiger partial charge in [-0.3, -0.25) is 14.2 Å². The molecule has 1 heterocycles. The molecule has 2 amide bonds. The minimum atomic E-state index is -0.332. The number of thioether (sulfide) groups is 1. The molecule has 0 spiro atoms. The fourth-order valence-electron chi connectivity index (χ4n) is 3.31. The molecule has 0 atom stereocenters. The average molecular weight is 476 g/mol. The number of rotatable bonds is 8. The number of para-hydroxylation sites is 1. The molecule has 0 radical (unpaired) electrons. The smallest absolute Gasteiger partial charge is 0.251 e. The van der Waals surface area contributed by atoms with Crippen molar-refractivity contribution < 1.29 is 14.0 Å². The molecule has 9 heteroatoms. The molecule has 0 aliphatic rings. The van der Waals surface area contributed by atoms with Crippen molar-refractivity contribution in [2.24, 2.45) is 0 Å². The van der Waals surface area contributed by atoms with Gasteiger partial charge in [0.1, 0.15) is 5.82 Å². The molecule has 2 N–H and O–H groups in total. The molecule has 0 aliphatic heterocycles. The standard InChI is InChI=1S/C25H22FN5O2S/c1-27-24(33)19-7-5-6-17(14-19)15-28-22(32)16-34-25-30-29-23(18-10-12-20(26)13-11-18)31(25)21-8-3-2-4-9-21/h2-14H,15-16H2,1H3,(H,27,33)(H,28,32). The number of hydrogen-bond donors (Lipinski definition) is 2. The number of hydrogen-bond acceptors (Lipinski definition) is 5. The van der Waals surface area contributed by atoms with Crippen LogP contribution in [-0.2, 0) is 11.3 Å². The molecule has 0 saturated heterocycles. The van der Waals surface area contributed by atoms with Crippen LogP contribution in [0.25, 0.3) is 17.1 Å². The van der Waals surface area contributed by atoms with Gasteiger partial charge in [-0.2, -0.15) is 0 Å². The van der Waals surface area contributed by atoms with Gasteiger partial charge in [-0.05, 0) is 54.1 Å². The molecular formula is C25H22FN5O2S. The zero-order valence-electron chi connectivity index (χ0n) is 18.4. The van der Waals surface area contributed by atoms with Crippen LogP contribution in [-0.4, -0.2) is 39.4 Å². The number of nitrogens with zero attached hydrogens (tertiary/aromatic N) is 3. The predicted octanol–water partition coefficient (Wildman–Crippen LogP) is 3.84. The fraction of sp³-hybridized carbons (Fsp3) is 0.120. The Morgan fingerprint density at radius 1 is 0.971 bits per heavy atom. The Morgan fingerprint density at radius 3 is 2.47 bits per heavy atom. The zero-order valence-corrected chi connectivity index (χ0v) is 19.2. The fourth-order valence-corrected chi connectivity index (χ4v) is 4.09. The number of carbonyl (C=O) groups is 2. The van der Waals surface area contributed by atoms with Crippen molar-refractivity contribution in [2.75, 3.05) is 12.8 Å². The van der Waals surface area contributed by atoms with Gasteiger partial charge in [-0.1, -0.05) is 42.1 Å². The number of carbonyl (C=O) groups excluding carboxylic acids is 2. The van der Waals surface area contributed by atoms with E-state index in [1.165, 1.54) is 23.9 Å². The third kappa shape index (κ3) is 5.49. The second kappa shape index (κ2) is 10.8. The Hall–Kier alpha value is -3.98. The maximum absolute atomic E-state index is 13.4. The van der Waals surface area contributed by atoms with E-state index in [0.29, 0.717) is 28.7 Å². The summed E-state index contributed by atoms with van der Waals surface area (Å²) < 4.78 is 15.2. The number of benzene rings is 3. The first kappa shape index (κ1) is 23.2. The van der Waals surface area contributed by atoms with Crippen LogP contribution in [0.3, 0.4) is 0 Å². The Bertz CT molecular complexity index is 1290. The van der Waals surface area contributed by atoms with Gasteiger partial charge in [0.05, 0.1) is 5.75 Å². The molecule has 1 aromatic heterocycles. The Balaban J connectivity index is 1.47. The van der Waals surface area contributed by atoms with E-state index in [2.05, 4.69) is 20.8 Å². The average Bonchev–Trinajstić information content (AvgIpc) is 3.31. The van der Waals surface area contributed by atoms with Gasteiger partial charge in [0.15, 0.2) is 11.0 Å². The molecule has 34 heavy (non-hydrogen) atoms. The maximum Gasteiger partial charge on any atom is 0.251 e. The first-order chi connectivity index (χ1) is 16.5. The highest BCUT2D eigenvalue weighted by Crippen LogP contribution is 2.28. The lowest BCUT2D eigenvalue weighted by atomic mass is 10.1. The van der Waals surface area contributed by atoms with Crippen molar-refractivity contribution in [2.45, 2.75) is 11.7 Å². The summed E-state index contributed by atoms with van der Waals surface area (Å²) >= 11 is 1.25. The van der Waals surface area contributed by atoms with Crippen LogP contribution >= 0.6 is 11.8 Å². The molecular weight excluding hydrogens is 453 g/mol. The Morgan fingerprint density at radius 2 is 1.74 bits per heavy atom. The quantitative estimate of drug-likeness (QED) is 0.378. The molecule has 0 unspecified atom stereocenters. The van der Waals surface area contributed by atoms with E-state index in [9.17, 15) is 14.0 Å². The van der Waals surface area contributed by atoms with Gasteiger partial charge in [0.2, 0.25) is 5.91 Å². The molecule has 3 aromatic carbocycles. The van der Waals surface area contributed by atoms with Crippen LogP contribution in [0.15, 0.2) is 84.0 Å². The van der Waals surface area contributed by atoms with E-state index in [-0.39, 0.29) is 23.4 Å². The van der Waals surface area contributed by atoms with Crippen molar-refractivity contribution in [3.63, 3.8) is 0 Å². The second-order valence-corrected chi connectivity index (χ2v) is 8.27. The highest BCUT2D eigenvalue weighted by atomic mass is 32.2. The van der Waals surface area contributed by atoms with Gasteiger partial charge in [0, 0.05) is 30.4 Å². The molecule has 0 aliphatic carbocycles. The molecule has 0 saturated carbocycles. The van der Waals surface area contributed by atoms with E-state index >= 15 is 0 Å². The third-order valence-electron chi connectivity index (χ3n) is 4.99. The highest BCUT2D eigenvalue weighted by molar-refractivity contribution is 7.99. The summed E-state index contributed by atoms with van der Waals surface area (Å²) in [6.07, 6.45) is 0. The third-order valence-corrected chi connectivity index (χ3v) is 5.92. The lowest BCUT2D eigenvalue weighted by molar-refractivity contribution is -0.118. The van der Waals surface area contributed by atoms with Crippen LogP contribution in [0.2, 0.25) is 0 Å². The van der Waals surface area contributed by atoms with Crippen LogP contribution in [0.1, 0.15) is 15.9 Å². The maximum atomic E-state index is 13.4. The van der Waals surface area contributed by atoms with Crippen molar-refractivity contribution in [1.29, 1.82) is 0 Å². The normalized spacial score (nSPS) is 10.6. The molecule has 4 aromatic rings. The van der Waals surface area contributed by atoms with Gasteiger partial charge >= 0.3 is 0 Å². The lowest BCUT2D eigenvalue weighted by Crippen LogP contribution is -2.25. The van der Waals surface area contributed by atoms with E-state index in [4.69, 9.17) is 0 Å². The van der Waals surface area contributed by atoms with E-state index in [0.717, 1.165) is 11.3 Å². The Kier molecular flexibility index (Phi) is 7.34. The van der Waals surface area contributed by atoms with Gasteiger partial charge in [0.25, 0.3) is 5.91 Å². The van der Waals surface area contributed by atoms with Gasteiger partial charge < -0.3 is 10.6 Å². The van der Waals surface area contributed by atoms with Crippen molar-refractivity contribution in [3.05, 3.63) is 95.8 Å². The number of amides is 2. The van der Waals surface area contributed by atoms with E-state index < -0.39 is 0 Å². The van der Waals surface area contributed by atoms with Gasteiger partial charge in [-0.25, -0.2) is 4.39 Å². The first-order valence-corrected chi connectivity index (χ1v) is 11.5. The van der Waals surface area contributed by atoms with Crippen LogP contribution < -0.4 is 10.6 Å². The van der Waals surface area contributed by atoms with Crippen LogP contribution in [0.4, 0.5) is 4.39 Å². The monoisotopic (exact) mass is 475 g/mol. The summed E-state index contributed by atoms with van der Waals surface area (Å²) in [5, 5.41) is 14.6. The molecule has 4 rings (SSSR count). The Labute approximate surface area is 200 Å². The minimum absolute atomic E-state index is 0.128. The topological polar surface area (TPSA) is 88.9 Å². The van der Waals surface area contributed by atoms with Crippen LogP contribution in [0, 0.1) is 5.82 Å². The molecule has 172 valence electrons. The summed E-state index contributed by atoms with van der Waals surface area (Å²) in [7, 11) is 1.57. The van der Waals surface area contributed by atoms with E-state index in [1.807, 2.05) is 41.0 Å². The number of halogens is 1. The summed E-state index contributed by atoms with van der Waals surface area (Å²) in [6, 6.07) is 22.7. The predicted molar refractivity (Wildman–Crippen MR) is 129 cm³/mol. The van der Waals surface area contributed by atoms with Gasteiger partial charge in [-0.15, -0.1) is 10.2 Å². The van der Waals surface area contributed by atoms with Crippen molar-refractivity contribution in [3.8, 4) is 17.1 Å². The van der Waals surface area contributed by atoms with Crippen LogP contribution in [0.5, 0.6) is 0 Å². The summed E-state index contributed by atoms with van der Waals surface area (Å²) in [6.45, 7) is 0.302. The minimum Gasteiger partial charge on any atom is -0.355 e.